The fraction of sp³-hybridized carbons (Fsp3) is 0.778. The van der Waals surface area contributed by atoms with Crippen molar-refractivity contribution in [2.24, 2.45) is 17.6 Å². The molecule has 0 radical (unpaired) electrons. The summed E-state index contributed by atoms with van der Waals surface area (Å²) in [6.07, 6.45) is 2.33. The molecule has 0 bridgehead atoms. The molecule has 2 aliphatic rings. The zero-order valence-electron chi connectivity index (χ0n) is 7.69. The number of amides is 2. The summed E-state index contributed by atoms with van der Waals surface area (Å²) in [4.78, 5) is 24.3. The minimum atomic E-state index is -0.124. The molecular formula is C9H14N2O2. The van der Waals surface area contributed by atoms with Gasteiger partial charge in [-0.2, -0.15) is 0 Å². The molecule has 3 atom stereocenters. The Morgan fingerprint density at radius 3 is 2.54 bits per heavy atom. The SMILES string of the molecule is CN1C(=O)[C@@H]2CC[C@H](N)C[C@H]2C1=O. The van der Waals surface area contributed by atoms with E-state index in [4.69, 9.17) is 5.73 Å². The number of hydrogen-bond donors (Lipinski definition) is 1. The van der Waals surface area contributed by atoms with Crippen LogP contribution in [0.15, 0.2) is 0 Å². The molecule has 0 unspecified atom stereocenters. The second kappa shape index (κ2) is 2.80. The van der Waals surface area contributed by atoms with Gasteiger partial charge in [-0.15, -0.1) is 0 Å². The summed E-state index contributed by atoms with van der Waals surface area (Å²) < 4.78 is 0. The molecule has 72 valence electrons. The zero-order valence-corrected chi connectivity index (χ0v) is 7.69. The van der Waals surface area contributed by atoms with Crippen molar-refractivity contribution >= 4 is 11.8 Å². The van der Waals surface area contributed by atoms with E-state index in [0.717, 1.165) is 12.8 Å². The van der Waals surface area contributed by atoms with E-state index < -0.39 is 0 Å². The van der Waals surface area contributed by atoms with Crippen molar-refractivity contribution in [3.63, 3.8) is 0 Å². The van der Waals surface area contributed by atoms with Crippen LogP contribution in [0.1, 0.15) is 19.3 Å². The third kappa shape index (κ3) is 1.16. The topological polar surface area (TPSA) is 63.4 Å². The molecule has 2 amide bonds. The largest absolute Gasteiger partial charge is 0.328 e. The molecule has 13 heavy (non-hydrogen) atoms. The van der Waals surface area contributed by atoms with Gasteiger partial charge in [0.1, 0.15) is 0 Å². The van der Waals surface area contributed by atoms with Gasteiger partial charge in [-0.05, 0) is 19.3 Å². The van der Waals surface area contributed by atoms with Gasteiger partial charge in [0, 0.05) is 13.1 Å². The number of fused-ring (bicyclic) bond motifs is 1. The van der Waals surface area contributed by atoms with E-state index in [1.165, 1.54) is 4.90 Å². The highest BCUT2D eigenvalue weighted by atomic mass is 16.2. The van der Waals surface area contributed by atoms with Gasteiger partial charge in [0.05, 0.1) is 11.8 Å². The molecule has 0 spiro atoms. The van der Waals surface area contributed by atoms with Crippen LogP contribution >= 0.6 is 0 Å². The average molecular weight is 182 g/mol. The number of nitrogens with two attached hydrogens (primary N) is 1. The Balaban J connectivity index is 2.22. The third-order valence-corrected chi connectivity index (χ3v) is 3.19. The van der Waals surface area contributed by atoms with Crippen molar-refractivity contribution in [3.05, 3.63) is 0 Å². The Morgan fingerprint density at radius 1 is 1.23 bits per heavy atom. The zero-order chi connectivity index (χ0) is 9.59. The van der Waals surface area contributed by atoms with Crippen LogP contribution < -0.4 is 5.73 Å². The van der Waals surface area contributed by atoms with Gasteiger partial charge < -0.3 is 5.73 Å². The van der Waals surface area contributed by atoms with Crippen LogP contribution in [0.2, 0.25) is 0 Å². The lowest BCUT2D eigenvalue weighted by Gasteiger charge is -2.25. The van der Waals surface area contributed by atoms with Crippen LogP contribution in [-0.2, 0) is 9.59 Å². The standard InChI is InChI=1S/C9H14N2O2/c1-11-8(12)6-3-2-5(10)4-7(6)9(11)13/h5-7H,2-4,10H2,1H3/t5-,6+,7+/m0/s1. The molecule has 1 saturated carbocycles. The molecule has 1 aliphatic heterocycles. The Kier molecular flexibility index (Phi) is 1.87. The first kappa shape index (κ1) is 8.69. The van der Waals surface area contributed by atoms with Gasteiger partial charge in [0.25, 0.3) is 0 Å². The van der Waals surface area contributed by atoms with Gasteiger partial charge in [-0.3, -0.25) is 14.5 Å². The fourth-order valence-electron chi connectivity index (χ4n) is 2.38. The van der Waals surface area contributed by atoms with Crippen molar-refractivity contribution in [1.29, 1.82) is 0 Å². The Bertz CT molecular complexity index is 264. The van der Waals surface area contributed by atoms with Crippen LogP contribution in [-0.4, -0.2) is 29.8 Å². The monoisotopic (exact) mass is 182 g/mol. The molecule has 1 aliphatic carbocycles. The molecule has 0 aromatic carbocycles. The molecule has 0 aromatic rings. The predicted octanol–water partition coefficient (Wildman–Crippen LogP) is -0.271. The molecular weight excluding hydrogens is 168 g/mol. The van der Waals surface area contributed by atoms with Gasteiger partial charge in [0.2, 0.25) is 11.8 Å². The van der Waals surface area contributed by atoms with E-state index in [2.05, 4.69) is 0 Å². The van der Waals surface area contributed by atoms with Crippen molar-refractivity contribution in [1.82, 2.24) is 4.90 Å². The lowest BCUT2D eigenvalue weighted by molar-refractivity contribution is -0.138. The molecule has 2 rings (SSSR count). The Labute approximate surface area is 77.1 Å². The molecule has 1 saturated heterocycles. The summed E-state index contributed by atoms with van der Waals surface area (Å²) in [6, 6.07) is 0.101. The minimum absolute atomic E-state index is 0.0121. The van der Waals surface area contributed by atoms with Gasteiger partial charge >= 0.3 is 0 Å². The Hall–Kier alpha value is -0.900. The van der Waals surface area contributed by atoms with E-state index in [1.807, 2.05) is 0 Å². The number of carbonyl (C=O) groups excluding carboxylic acids is 2. The minimum Gasteiger partial charge on any atom is -0.328 e. The fourth-order valence-corrected chi connectivity index (χ4v) is 2.38. The molecule has 2 fully saturated rings. The summed E-state index contributed by atoms with van der Waals surface area (Å²) in [5.41, 5.74) is 5.76. The highest BCUT2D eigenvalue weighted by Gasteiger charge is 2.47. The van der Waals surface area contributed by atoms with Crippen molar-refractivity contribution in [3.8, 4) is 0 Å². The molecule has 2 N–H and O–H groups in total. The van der Waals surface area contributed by atoms with Crippen molar-refractivity contribution in [2.45, 2.75) is 25.3 Å². The summed E-state index contributed by atoms with van der Waals surface area (Å²) in [6.45, 7) is 0. The molecule has 4 heteroatoms. The van der Waals surface area contributed by atoms with Crippen molar-refractivity contribution < 1.29 is 9.59 Å². The summed E-state index contributed by atoms with van der Waals surface area (Å²) in [5.74, 6) is -0.245. The maximum atomic E-state index is 11.5. The van der Waals surface area contributed by atoms with Crippen LogP contribution in [0.25, 0.3) is 0 Å². The molecule has 1 heterocycles. The molecule has 0 aromatic heterocycles. The highest BCUT2D eigenvalue weighted by molar-refractivity contribution is 6.04. The van der Waals surface area contributed by atoms with Crippen LogP contribution in [0.5, 0.6) is 0 Å². The average Bonchev–Trinajstić information content (AvgIpc) is 2.32. The maximum Gasteiger partial charge on any atom is 0.232 e. The van der Waals surface area contributed by atoms with E-state index in [1.54, 1.807) is 7.05 Å². The first-order valence-corrected chi connectivity index (χ1v) is 4.68. The maximum absolute atomic E-state index is 11.5. The lowest BCUT2D eigenvalue weighted by Crippen LogP contribution is -2.34. The number of rotatable bonds is 0. The van der Waals surface area contributed by atoms with Crippen LogP contribution in [0.4, 0.5) is 0 Å². The first-order valence-electron chi connectivity index (χ1n) is 4.68. The quantitative estimate of drug-likeness (QED) is 0.524. The van der Waals surface area contributed by atoms with E-state index in [-0.39, 0.29) is 29.7 Å². The molecule has 4 nitrogen and oxygen atoms in total. The first-order chi connectivity index (χ1) is 6.11. The van der Waals surface area contributed by atoms with Crippen molar-refractivity contribution in [2.75, 3.05) is 7.05 Å². The smallest absolute Gasteiger partial charge is 0.232 e. The summed E-state index contributed by atoms with van der Waals surface area (Å²) >= 11 is 0. The van der Waals surface area contributed by atoms with E-state index in [9.17, 15) is 9.59 Å². The van der Waals surface area contributed by atoms with Gasteiger partial charge in [-0.1, -0.05) is 0 Å². The third-order valence-electron chi connectivity index (χ3n) is 3.19. The number of likely N-dealkylation sites (tertiary alicyclic amines) is 1. The van der Waals surface area contributed by atoms with Crippen LogP contribution in [0, 0.1) is 11.8 Å². The Morgan fingerprint density at radius 2 is 1.85 bits per heavy atom. The number of imide groups is 1. The summed E-state index contributed by atoms with van der Waals surface area (Å²) in [5, 5.41) is 0. The van der Waals surface area contributed by atoms with Crippen LogP contribution in [0.3, 0.4) is 0 Å². The lowest BCUT2D eigenvalue weighted by atomic mass is 9.79. The normalized spacial score (nSPS) is 39.5. The van der Waals surface area contributed by atoms with Gasteiger partial charge in [0.15, 0.2) is 0 Å². The van der Waals surface area contributed by atoms with E-state index >= 15 is 0 Å². The highest BCUT2D eigenvalue weighted by Crippen LogP contribution is 2.36. The second-order valence-corrected chi connectivity index (χ2v) is 4.02. The number of carbonyl (C=O) groups is 2. The van der Waals surface area contributed by atoms with E-state index in [0.29, 0.717) is 6.42 Å². The van der Waals surface area contributed by atoms with Gasteiger partial charge in [-0.25, -0.2) is 0 Å². The number of hydrogen-bond acceptors (Lipinski definition) is 3. The predicted molar refractivity (Wildman–Crippen MR) is 46.6 cm³/mol. The summed E-state index contributed by atoms with van der Waals surface area (Å²) in [7, 11) is 1.56. The second-order valence-electron chi connectivity index (χ2n) is 4.02. The number of nitrogens with zero attached hydrogens (tertiary/aromatic N) is 1.